The first-order valence-corrected chi connectivity index (χ1v) is 9.02. The second-order valence-electron chi connectivity index (χ2n) is 6.65. The molecule has 0 aliphatic carbocycles. The molecule has 0 heterocycles. The zero-order valence-corrected chi connectivity index (χ0v) is 18.3. The second-order valence-corrected chi connectivity index (χ2v) is 6.65. The van der Waals surface area contributed by atoms with Crippen molar-refractivity contribution in [3.05, 3.63) is 0 Å². The number of carbonyl (C=O) groups excluding carboxylic acids is 1. The minimum absolute atomic E-state index is 0.0129. The molecule has 0 fully saturated rings. The van der Waals surface area contributed by atoms with Crippen molar-refractivity contribution < 1.29 is 44.7 Å². The fraction of sp³-hybridized carbons (Fsp3) is 0.706. The van der Waals surface area contributed by atoms with Gasteiger partial charge in [0.2, 0.25) is 5.91 Å². The number of guanidine groups is 1. The van der Waals surface area contributed by atoms with Crippen LogP contribution in [0.2, 0.25) is 0 Å². The third-order valence-electron chi connectivity index (χ3n) is 2.54. The molecule has 2 atom stereocenters. The highest BCUT2D eigenvalue weighted by Gasteiger charge is 2.16. The lowest BCUT2D eigenvalue weighted by molar-refractivity contribution is -0.146. The van der Waals surface area contributed by atoms with E-state index in [4.69, 9.17) is 42.7 Å². The molecule has 0 aromatic rings. The number of amides is 1. The van der Waals surface area contributed by atoms with Gasteiger partial charge in [-0.2, -0.15) is 0 Å². The Labute approximate surface area is 180 Å². The average molecular weight is 456 g/mol. The van der Waals surface area contributed by atoms with E-state index in [1.54, 1.807) is 6.92 Å². The van der Waals surface area contributed by atoms with Gasteiger partial charge in [0.15, 0.2) is 12.1 Å². The Balaban J connectivity index is -0.000000168. The molecule has 0 saturated carbocycles. The van der Waals surface area contributed by atoms with Crippen LogP contribution >= 0.6 is 0 Å². The number of carboxylic acids is 3. The first-order chi connectivity index (χ1) is 13.9. The van der Waals surface area contributed by atoms with Crippen molar-refractivity contribution in [2.45, 2.75) is 71.1 Å². The van der Waals surface area contributed by atoms with Crippen LogP contribution in [0.25, 0.3) is 0 Å². The largest absolute Gasteiger partial charge is 0.481 e. The van der Waals surface area contributed by atoms with Gasteiger partial charge in [0, 0.05) is 13.5 Å². The molecule has 14 heteroatoms. The number of aliphatic hydroxyl groups excluding tert-OH is 1. The summed E-state index contributed by atoms with van der Waals surface area (Å²) < 4.78 is 0. The third kappa shape index (κ3) is 46.8. The van der Waals surface area contributed by atoms with Crippen molar-refractivity contribution in [1.82, 2.24) is 0 Å². The Morgan fingerprint density at radius 1 is 1.00 bits per heavy atom. The standard InChI is InChI=1S/C6H14N4O2.C5H10O3.C4H8O3.C2H5NO/c7-4(5(11)12)2-1-3-10-6(8)9;1-5(2,8)3-4(6)7;1-2-3(5)4(6)7;1-2(3)4/h4H,1-3,7H2,(H,11,12)(H4,8,9,10);8H,3H2,1-2H3,(H,6,7);3,5H,2H2,1H3,(H,6,7);1H3,(H2,3,4). The number of primary amides is 1. The second kappa shape index (κ2) is 20.3. The zero-order valence-electron chi connectivity index (χ0n) is 18.3. The molecule has 0 aromatic heterocycles. The van der Waals surface area contributed by atoms with E-state index < -0.39 is 35.7 Å². The fourth-order valence-electron chi connectivity index (χ4n) is 1.19. The number of rotatable bonds is 9. The van der Waals surface area contributed by atoms with Crippen LogP contribution in [0.3, 0.4) is 0 Å². The van der Waals surface area contributed by atoms with Gasteiger partial charge < -0.3 is 48.5 Å². The highest BCUT2D eigenvalue weighted by Crippen LogP contribution is 2.05. The summed E-state index contributed by atoms with van der Waals surface area (Å²) in [7, 11) is 0. The van der Waals surface area contributed by atoms with Crippen molar-refractivity contribution in [2.24, 2.45) is 27.9 Å². The molecule has 0 aliphatic heterocycles. The summed E-state index contributed by atoms with van der Waals surface area (Å²) in [6.45, 7) is 6.25. The number of nitrogens with zero attached hydrogens (tertiary/aromatic N) is 1. The summed E-state index contributed by atoms with van der Waals surface area (Å²) in [5, 5.41) is 41.5. The molecule has 2 unspecified atom stereocenters. The van der Waals surface area contributed by atoms with Gasteiger partial charge in [-0.15, -0.1) is 0 Å². The van der Waals surface area contributed by atoms with E-state index >= 15 is 0 Å². The molecule has 14 nitrogen and oxygen atoms in total. The predicted octanol–water partition coefficient (Wildman–Crippen LogP) is -1.98. The number of carboxylic acid groups (broad SMARTS) is 3. The summed E-state index contributed by atoms with van der Waals surface area (Å²) >= 11 is 0. The highest BCUT2D eigenvalue weighted by atomic mass is 16.4. The van der Waals surface area contributed by atoms with Gasteiger partial charge in [-0.05, 0) is 33.1 Å². The van der Waals surface area contributed by atoms with Gasteiger partial charge in [0.1, 0.15) is 6.04 Å². The highest BCUT2D eigenvalue weighted by molar-refractivity contribution is 5.75. The van der Waals surface area contributed by atoms with Crippen molar-refractivity contribution in [2.75, 3.05) is 6.54 Å². The van der Waals surface area contributed by atoms with Crippen LogP contribution in [-0.4, -0.2) is 79.6 Å². The fourth-order valence-corrected chi connectivity index (χ4v) is 1.19. The van der Waals surface area contributed by atoms with Crippen LogP contribution in [0.15, 0.2) is 4.99 Å². The van der Waals surface area contributed by atoms with Crippen LogP contribution in [0.1, 0.15) is 53.4 Å². The molecule has 0 saturated heterocycles. The average Bonchev–Trinajstić information content (AvgIpc) is 2.55. The molecule has 0 radical (unpaired) electrons. The summed E-state index contributed by atoms with van der Waals surface area (Å²) in [5.41, 5.74) is 18.7. The van der Waals surface area contributed by atoms with Crippen LogP contribution in [-0.2, 0) is 19.2 Å². The van der Waals surface area contributed by atoms with Crippen molar-refractivity contribution in [3.63, 3.8) is 0 Å². The van der Waals surface area contributed by atoms with Crippen LogP contribution < -0.4 is 22.9 Å². The summed E-state index contributed by atoms with van der Waals surface area (Å²) in [6, 6.07) is -0.820. The molecule has 0 aliphatic rings. The van der Waals surface area contributed by atoms with E-state index in [2.05, 4.69) is 10.7 Å². The van der Waals surface area contributed by atoms with E-state index in [0.29, 0.717) is 19.4 Å². The number of hydrogen-bond donors (Lipinski definition) is 9. The lowest BCUT2D eigenvalue weighted by Crippen LogP contribution is -2.30. The first-order valence-electron chi connectivity index (χ1n) is 9.02. The molecule has 0 spiro atoms. The maximum Gasteiger partial charge on any atom is 0.332 e. The summed E-state index contributed by atoms with van der Waals surface area (Å²) in [6.07, 6.45) is -0.153. The van der Waals surface area contributed by atoms with Crippen molar-refractivity contribution in [3.8, 4) is 0 Å². The van der Waals surface area contributed by atoms with E-state index in [1.807, 2.05) is 0 Å². The normalized spacial score (nSPS) is 11.5. The Hall–Kier alpha value is -2.97. The molecule has 1 amide bonds. The number of hydrogen-bond acceptors (Lipinski definition) is 8. The third-order valence-corrected chi connectivity index (χ3v) is 2.54. The smallest absolute Gasteiger partial charge is 0.332 e. The van der Waals surface area contributed by atoms with Crippen LogP contribution in [0.4, 0.5) is 0 Å². The number of aliphatic imine (C=N–C) groups is 1. The van der Waals surface area contributed by atoms with Gasteiger partial charge in [0.25, 0.3) is 0 Å². The van der Waals surface area contributed by atoms with E-state index in [9.17, 15) is 19.2 Å². The maximum atomic E-state index is 10.2. The van der Waals surface area contributed by atoms with Crippen molar-refractivity contribution >= 4 is 29.8 Å². The minimum atomic E-state index is -1.18. The monoisotopic (exact) mass is 455 g/mol. The van der Waals surface area contributed by atoms with Gasteiger partial charge in [-0.25, -0.2) is 4.79 Å². The lowest BCUT2D eigenvalue weighted by Gasteiger charge is -2.12. The molecule has 0 rings (SSSR count). The quantitative estimate of drug-likeness (QED) is 0.104. The molecule has 0 bridgehead atoms. The zero-order chi connectivity index (χ0) is 25.8. The first kappa shape index (κ1) is 35.5. The molecular weight excluding hydrogens is 418 g/mol. The van der Waals surface area contributed by atoms with Gasteiger partial charge in [-0.3, -0.25) is 19.4 Å². The van der Waals surface area contributed by atoms with Crippen LogP contribution in [0.5, 0.6) is 0 Å². The Bertz CT molecular complexity index is 555. The molecule has 13 N–H and O–H groups in total. The van der Waals surface area contributed by atoms with E-state index in [1.165, 1.54) is 20.8 Å². The van der Waals surface area contributed by atoms with E-state index in [-0.39, 0.29) is 24.7 Å². The minimum Gasteiger partial charge on any atom is -0.481 e. The molecule has 184 valence electrons. The van der Waals surface area contributed by atoms with Gasteiger partial charge in [0.05, 0.1) is 12.0 Å². The topological polar surface area (TPSA) is 286 Å². The predicted molar refractivity (Wildman–Crippen MR) is 113 cm³/mol. The number of nitrogens with two attached hydrogens (primary N) is 4. The van der Waals surface area contributed by atoms with Gasteiger partial charge >= 0.3 is 17.9 Å². The van der Waals surface area contributed by atoms with Gasteiger partial charge in [-0.1, -0.05) is 6.92 Å². The molecule has 0 aromatic carbocycles. The number of aliphatic carboxylic acids is 3. The number of aliphatic hydroxyl groups is 2. The van der Waals surface area contributed by atoms with Crippen LogP contribution in [0, 0.1) is 0 Å². The number of carbonyl (C=O) groups is 4. The molecular formula is C17H37N5O9. The Morgan fingerprint density at radius 3 is 1.58 bits per heavy atom. The molecule has 31 heavy (non-hydrogen) atoms. The summed E-state index contributed by atoms with van der Waals surface area (Å²) in [5.74, 6) is -3.45. The Kier molecular flexibility index (Phi) is 23.2. The summed E-state index contributed by atoms with van der Waals surface area (Å²) in [4.78, 5) is 42.7. The van der Waals surface area contributed by atoms with Crippen molar-refractivity contribution in [1.29, 1.82) is 0 Å². The lowest BCUT2D eigenvalue weighted by atomic mass is 10.1. The Morgan fingerprint density at radius 2 is 1.42 bits per heavy atom. The maximum absolute atomic E-state index is 10.2. The van der Waals surface area contributed by atoms with E-state index in [0.717, 1.165) is 0 Å². The SMILES string of the molecule is CC(C)(O)CC(=O)O.CC(N)=O.CCC(O)C(=O)O.NC(N)=NCCCC(N)C(=O)O.